The molecule has 0 aromatic heterocycles. The van der Waals surface area contributed by atoms with E-state index in [0.717, 1.165) is 12.8 Å². The lowest BCUT2D eigenvalue weighted by Crippen LogP contribution is -2.35. The largest absolute Gasteiger partial charge is 0.438 e. The van der Waals surface area contributed by atoms with Crippen LogP contribution in [0.15, 0.2) is 0 Å². The Bertz CT molecular complexity index is 190. The van der Waals surface area contributed by atoms with Crippen LogP contribution in [0.3, 0.4) is 0 Å². The molecule has 1 aliphatic rings. The van der Waals surface area contributed by atoms with Crippen molar-refractivity contribution in [2.24, 2.45) is 5.92 Å². The molecule has 0 saturated heterocycles. The highest BCUT2D eigenvalue weighted by Gasteiger charge is 2.29. The molecule has 0 spiro atoms. The van der Waals surface area contributed by atoms with Gasteiger partial charge >= 0.3 is 0 Å². The Hall–Kier alpha value is -0.570. The summed E-state index contributed by atoms with van der Waals surface area (Å²) >= 11 is 0. The lowest BCUT2D eigenvalue weighted by molar-refractivity contribution is -0.213. The third kappa shape index (κ3) is 4.65. The van der Waals surface area contributed by atoms with Crippen LogP contribution in [0, 0.1) is 5.92 Å². The first-order chi connectivity index (χ1) is 7.03. The SMILES string of the molecule is CC(C)(C)OC(OC=O)C1CCCCC1. The summed E-state index contributed by atoms with van der Waals surface area (Å²) < 4.78 is 10.8. The van der Waals surface area contributed by atoms with Crippen molar-refractivity contribution in [3.63, 3.8) is 0 Å². The van der Waals surface area contributed by atoms with Crippen molar-refractivity contribution in [1.82, 2.24) is 0 Å². The Labute approximate surface area is 92.1 Å². The van der Waals surface area contributed by atoms with E-state index in [4.69, 9.17) is 9.47 Å². The van der Waals surface area contributed by atoms with Crippen molar-refractivity contribution in [3.8, 4) is 0 Å². The zero-order chi connectivity index (χ0) is 11.3. The van der Waals surface area contributed by atoms with Gasteiger partial charge < -0.3 is 9.47 Å². The van der Waals surface area contributed by atoms with Crippen molar-refractivity contribution in [2.75, 3.05) is 0 Å². The smallest absolute Gasteiger partial charge is 0.295 e. The molecule has 0 heterocycles. The highest BCUT2D eigenvalue weighted by atomic mass is 16.7. The molecule has 1 aliphatic carbocycles. The molecule has 0 N–H and O–H groups in total. The molecular formula is C12H22O3. The van der Waals surface area contributed by atoms with Gasteiger partial charge in [0, 0.05) is 5.92 Å². The summed E-state index contributed by atoms with van der Waals surface area (Å²) in [5.74, 6) is 0.378. The highest BCUT2D eigenvalue weighted by molar-refractivity contribution is 5.37. The molecule has 3 heteroatoms. The molecule has 1 fully saturated rings. The summed E-state index contributed by atoms with van der Waals surface area (Å²) in [6, 6.07) is 0. The molecule has 1 unspecified atom stereocenters. The zero-order valence-electron chi connectivity index (χ0n) is 9.99. The van der Waals surface area contributed by atoms with Gasteiger partial charge in [-0.3, -0.25) is 4.79 Å². The number of carbonyl (C=O) groups is 1. The van der Waals surface area contributed by atoms with Crippen molar-refractivity contribution in [3.05, 3.63) is 0 Å². The molecule has 1 atom stereocenters. The van der Waals surface area contributed by atoms with E-state index in [0.29, 0.717) is 12.4 Å². The number of carbonyl (C=O) groups excluding carboxylic acids is 1. The molecule has 1 saturated carbocycles. The van der Waals surface area contributed by atoms with Gasteiger partial charge in [0.2, 0.25) is 6.29 Å². The second-order valence-electron chi connectivity index (χ2n) is 5.23. The van der Waals surface area contributed by atoms with Gasteiger partial charge in [-0.15, -0.1) is 0 Å². The van der Waals surface area contributed by atoms with E-state index < -0.39 is 0 Å². The standard InChI is InChI=1S/C12H22O3/c1-12(2,3)15-11(14-9-13)10-7-5-4-6-8-10/h9-11H,4-8H2,1-3H3. The average Bonchev–Trinajstić information content (AvgIpc) is 2.17. The maximum Gasteiger partial charge on any atom is 0.295 e. The van der Waals surface area contributed by atoms with E-state index in [1.54, 1.807) is 0 Å². The van der Waals surface area contributed by atoms with Gasteiger partial charge in [0.15, 0.2) is 0 Å². The number of hydrogen-bond donors (Lipinski definition) is 0. The maximum atomic E-state index is 10.4. The molecule has 88 valence electrons. The number of hydrogen-bond acceptors (Lipinski definition) is 3. The Morgan fingerprint density at radius 2 is 1.80 bits per heavy atom. The normalized spacial score (nSPS) is 21.0. The lowest BCUT2D eigenvalue weighted by atomic mass is 9.88. The first-order valence-electron chi connectivity index (χ1n) is 5.80. The second-order valence-corrected chi connectivity index (χ2v) is 5.23. The van der Waals surface area contributed by atoms with E-state index in [1.807, 2.05) is 20.8 Å². The van der Waals surface area contributed by atoms with E-state index in [2.05, 4.69) is 0 Å². The Morgan fingerprint density at radius 1 is 1.20 bits per heavy atom. The van der Waals surface area contributed by atoms with Gasteiger partial charge in [0.1, 0.15) is 0 Å². The molecule has 0 aromatic rings. The molecule has 0 radical (unpaired) electrons. The van der Waals surface area contributed by atoms with Gasteiger partial charge in [-0.2, -0.15) is 0 Å². The average molecular weight is 214 g/mol. The first kappa shape index (κ1) is 12.5. The van der Waals surface area contributed by atoms with Gasteiger partial charge in [-0.05, 0) is 33.6 Å². The minimum atomic E-state index is -0.359. The van der Waals surface area contributed by atoms with E-state index >= 15 is 0 Å². The van der Waals surface area contributed by atoms with Crippen LogP contribution in [-0.2, 0) is 14.3 Å². The summed E-state index contributed by atoms with van der Waals surface area (Å²) in [6.07, 6.45) is 5.58. The summed E-state index contributed by atoms with van der Waals surface area (Å²) in [7, 11) is 0. The fraction of sp³-hybridized carbons (Fsp3) is 0.917. The topological polar surface area (TPSA) is 35.5 Å². The molecule has 3 nitrogen and oxygen atoms in total. The molecule has 0 aromatic carbocycles. The van der Waals surface area contributed by atoms with E-state index in [-0.39, 0.29) is 11.9 Å². The first-order valence-corrected chi connectivity index (χ1v) is 5.80. The minimum absolute atomic E-state index is 0.259. The number of rotatable bonds is 4. The third-order valence-corrected chi connectivity index (χ3v) is 2.69. The van der Waals surface area contributed by atoms with Crippen LogP contribution in [0.4, 0.5) is 0 Å². The molecule has 1 rings (SSSR count). The lowest BCUT2D eigenvalue weighted by Gasteiger charge is -2.33. The van der Waals surface area contributed by atoms with Crippen LogP contribution in [0.2, 0.25) is 0 Å². The molecule has 0 bridgehead atoms. The predicted molar refractivity (Wildman–Crippen MR) is 58.4 cm³/mol. The maximum absolute atomic E-state index is 10.4. The molecule has 15 heavy (non-hydrogen) atoms. The second kappa shape index (κ2) is 5.50. The fourth-order valence-corrected chi connectivity index (χ4v) is 2.04. The van der Waals surface area contributed by atoms with Crippen LogP contribution in [0.5, 0.6) is 0 Å². The molecule has 0 aliphatic heterocycles. The Morgan fingerprint density at radius 3 is 2.27 bits per heavy atom. The van der Waals surface area contributed by atoms with Crippen LogP contribution in [-0.4, -0.2) is 18.4 Å². The Balaban J connectivity index is 2.51. The van der Waals surface area contributed by atoms with Gasteiger partial charge in [-0.1, -0.05) is 19.3 Å². The van der Waals surface area contributed by atoms with Crippen LogP contribution in [0.1, 0.15) is 52.9 Å². The highest BCUT2D eigenvalue weighted by Crippen LogP contribution is 2.30. The van der Waals surface area contributed by atoms with E-state index in [1.165, 1.54) is 19.3 Å². The van der Waals surface area contributed by atoms with Crippen LogP contribution in [0.25, 0.3) is 0 Å². The third-order valence-electron chi connectivity index (χ3n) is 2.69. The van der Waals surface area contributed by atoms with Crippen molar-refractivity contribution in [2.45, 2.75) is 64.8 Å². The summed E-state index contributed by atoms with van der Waals surface area (Å²) in [4.78, 5) is 10.4. The van der Waals surface area contributed by atoms with E-state index in [9.17, 15) is 4.79 Å². The Kier molecular flexibility index (Phi) is 4.58. The molecular weight excluding hydrogens is 192 g/mol. The number of ether oxygens (including phenoxy) is 2. The quantitative estimate of drug-likeness (QED) is 0.533. The minimum Gasteiger partial charge on any atom is -0.438 e. The van der Waals surface area contributed by atoms with Crippen LogP contribution >= 0.6 is 0 Å². The monoisotopic (exact) mass is 214 g/mol. The van der Waals surface area contributed by atoms with Crippen molar-refractivity contribution >= 4 is 6.47 Å². The van der Waals surface area contributed by atoms with Crippen LogP contribution < -0.4 is 0 Å². The summed E-state index contributed by atoms with van der Waals surface area (Å²) in [5, 5.41) is 0. The predicted octanol–water partition coefficient (Wildman–Crippen LogP) is 2.88. The molecule has 0 amide bonds. The fourth-order valence-electron chi connectivity index (χ4n) is 2.04. The van der Waals surface area contributed by atoms with Gasteiger partial charge in [0.05, 0.1) is 5.60 Å². The summed E-state index contributed by atoms with van der Waals surface area (Å²) in [5.41, 5.74) is -0.259. The zero-order valence-corrected chi connectivity index (χ0v) is 9.99. The summed E-state index contributed by atoms with van der Waals surface area (Å²) in [6.45, 7) is 6.45. The van der Waals surface area contributed by atoms with Gasteiger partial charge in [-0.25, -0.2) is 0 Å². The van der Waals surface area contributed by atoms with Crippen molar-refractivity contribution < 1.29 is 14.3 Å². The van der Waals surface area contributed by atoms with Gasteiger partial charge in [0.25, 0.3) is 6.47 Å². The van der Waals surface area contributed by atoms with Crippen molar-refractivity contribution in [1.29, 1.82) is 0 Å².